The molecule has 7 heteroatoms. The Bertz CT molecular complexity index is 726. The van der Waals surface area contributed by atoms with Crippen LogP contribution < -0.4 is 10.4 Å². The number of carbonyl (C=O) groups is 2. The summed E-state index contributed by atoms with van der Waals surface area (Å²) in [7, 11) is -0.475. The van der Waals surface area contributed by atoms with Gasteiger partial charge in [0, 0.05) is 0 Å². The summed E-state index contributed by atoms with van der Waals surface area (Å²) in [4.78, 5) is 24.9. The molecule has 0 saturated carbocycles. The smallest absolute Gasteiger partial charge is 0.312 e. The molecule has 2 aliphatic heterocycles. The topological polar surface area (TPSA) is 61.8 Å². The minimum Gasteiger partial charge on any atom is -0.469 e. The number of methoxy groups -OCH3 is 2. The van der Waals surface area contributed by atoms with E-state index in [1.54, 1.807) is 0 Å². The Morgan fingerprint density at radius 3 is 1.37 bits per heavy atom. The van der Waals surface area contributed by atoms with Gasteiger partial charge in [-0.15, -0.1) is 0 Å². The third-order valence-corrected chi connectivity index (χ3v) is 10.0. The maximum atomic E-state index is 12.5. The zero-order valence-electron chi connectivity index (χ0n) is 17.5. The SMILES string of the molecule is COC(=O)[C@H]1[C@H](C(=O)OC)[C@H]2O[C@@H]1c1cc([Si](C)(C)C)c([Si](C)(C)C)cc12. The molecule has 148 valence electrons. The molecule has 4 atom stereocenters. The van der Waals surface area contributed by atoms with Gasteiger partial charge in [0.15, 0.2) is 0 Å². The summed E-state index contributed by atoms with van der Waals surface area (Å²) in [5, 5.41) is 2.88. The van der Waals surface area contributed by atoms with Crippen molar-refractivity contribution in [3.05, 3.63) is 23.3 Å². The Kier molecular flexibility index (Phi) is 4.93. The lowest BCUT2D eigenvalue weighted by molar-refractivity contribution is -0.157. The van der Waals surface area contributed by atoms with Crippen molar-refractivity contribution >= 4 is 38.5 Å². The Balaban J connectivity index is 2.21. The minimum absolute atomic E-state index is 0.410. The van der Waals surface area contributed by atoms with E-state index in [1.807, 2.05) is 0 Å². The average molecular weight is 407 g/mol. The first kappa shape index (κ1) is 20.3. The van der Waals surface area contributed by atoms with Crippen molar-refractivity contribution in [2.45, 2.75) is 51.5 Å². The second-order valence-electron chi connectivity index (χ2n) is 9.60. The number of carbonyl (C=O) groups excluding carboxylic acids is 2. The fraction of sp³-hybridized carbons (Fsp3) is 0.600. The monoisotopic (exact) mass is 406 g/mol. The highest BCUT2D eigenvalue weighted by Crippen LogP contribution is 2.57. The van der Waals surface area contributed by atoms with Crippen molar-refractivity contribution in [3.63, 3.8) is 0 Å². The predicted octanol–water partition coefficient (Wildman–Crippen LogP) is 2.48. The van der Waals surface area contributed by atoms with Gasteiger partial charge in [-0.1, -0.05) is 61.8 Å². The highest BCUT2D eigenvalue weighted by atomic mass is 28.3. The molecule has 1 aromatic carbocycles. The van der Waals surface area contributed by atoms with Crippen LogP contribution in [0.5, 0.6) is 0 Å². The molecule has 0 aliphatic carbocycles. The first-order chi connectivity index (χ1) is 12.4. The van der Waals surface area contributed by atoms with E-state index in [2.05, 4.69) is 51.4 Å². The molecule has 3 rings (SSSR count). The van der Waals surface area contributed by atoms with Gasteiger partial charge < -0.3 is 14.2 Å². The number of hydrogen-bond acceptors (Lipinski definition) is 5. The summed E-state index contributed by atoms with van der Waals surface area (Å²) in [6.07, 6.45) is -0.875. The number of ether oxygens (including phenoxy) is 3. The number of benzene rings is 1. The molecule has 2 bridgehead atoms. The Labute approximate surface area is 163 Å². The summed E-state index contributed by atoms with van der Waals surface area (Å²) in [6, 6.07) is 4.53. The van der Waals surface area contributed by atoms with Crippen LogP contribution in [0.25, 0.3) is 0 Å². The lowest BCUT2D eigenvalue weighted by atomic mass is 9.76. The quantitative estimate of drug-likeness (QED) is 0.568. The lowest BCUT2D eigenvalue weighted by Gasteiger charge is -2.32. The summed E-state index contributed by atoms with van der Waals surface area (Å²) in [5.74, 6) is -2.11. The van der Waals surface area contributed by atoms with Gasteiger partial charge in [0.1, 0.15) is 11.8 Å². The number of esters is 2. The molecule has 27 heavy (non-hydrogen) atoms. The third-order valence-electron chi connectivity index (χ3n) is 5.73. The first-order valence-electron chi connectivity index (χ1n) is 9.41. The third kappa shape index (κ3) is 3.19. The van der Waals surface area contributed by atoms with Crippen LogP contribution in [-0.4, -0.2) is 42.3 Å². The van der Waals surface area contributed by atoms with Crippen LogP contribution in [0.4, 0.5) is 0 Å². The van der Waals surface area contributed by atoms with Crippen LogP contribution in [0.1, 0.15) is 23.3 Å². The van der Waals surface area contributed by atoms with Crippen LogP contribution in [0.15, 0.2) is 12.1 Å². The van der Waals surface area contributed by atoms with Crippen molar-refractivity contribution in [3.8, 4) is 0 Å². The van der Waals surface area contributed by atoms with Crippen LogP contribution in [0.3, 0.4) is 0 Å². The van der Waals surface area contributed by atoms with Crippen LogP contribution in [0, 0.1) is 11.8 Å². The van der Waals surface area contributed by atoms with E-state index in [0.29, 0.717) is 0 Å². The predicted molar refractivity (Wildman–Crippen MR) is 110 cm³/mol. The van der Waals surface area contributed by atoms with Crippen molar-refractivity contribution in [1.29, 1.82) is 0 Å². The molecule has 0 radical (unpaired) electrons. The van der Waals surface area contributed by atoms with Gasteiger partial charge in [-0.2, -0.15) is 0 Å². The second kappa shape index (κ2) is 6.56. The van der Waals surface area contributed by atoms with Crippen LogP contribution in [0.2, 0.25) is 39.3 Å². The van der Waals surface area contributed by atoms with Gasteiger partial charge in [-0.05, 0) is 11.1 Å². The van der Waals surface area contributed by atoms with Crippen LogP contribution in [-0.2, 0) is 23.8 Å². The number of fused-ring (bicyclic) bond motifs is 5. The highest BCUT2D eigenvalue weighted by molar-refractivity contribution is 6.98. The molecule has 1 saturated heterocycles. The molecule has 1 fully saturated rings. The van der Waals surface area contributed by atoms with Crippen molar-refractivity contribution in [2.24, 2.45) is 11.8 Å². The van der Waals surface area contributed by atoms with E-state index in [0.717, 1.165) is 11.1 Å². The molecule has 5 nitrogen and oxygen atoms in total. The van der Waals surface area contributed by atoms with E-state index < -0.39 is 52.1 Å². The second-order valence-corrected chi connectivity index (χ2v) is 19.7. The van der Waals surface area contributed by atoms with E-state index in [-0.39, 0.29) is 0 Å². The van der Waals surface area contributed by atoms with E-state index in [9.17, 15) is 9.59 Å². The summed E-state index contributed by atoms with van der Waals surface area (Å²) in [6.45, 7) is 14.1. The van der Waals surface area contributed by atoms with Gasteiger partial charge in [0.05, 0.1) is 42.6 Å². The van der Waals surface area contributed by atoms with E-state index in [4.69, 9.17) is 14.2 Å². The summed E-state index contributed by atoms with van der Waals surface area (Å²) >= 11 is 0. The van der Waals surface area contributed by atoms with Crippen molar-refractivity contribution in [1.82, 2.24) is 0 Å². The average Bonchev–Trinajstić information content (AvgIpc) is 3.14. The number of rotatable bonds is 4. The largest absolute Gasteiger partial charge is 0.469 e. The molecule has 0 aromatic heterocycles. The molecular weight excluding hydrogens is 376 g/mol. The standard InChI is InChI=1S/C20H30O5Si2/c1-23-19(21)15-16(20(22)24-2)18-12-10-14(27(6,7)8)13(26(3,4)5)9-11(12)17(15)25-18/h9-10,15-18H,1-8H3/t15-,16-,17-,18+/m0/s1. The number of hydrogen-bond donors (Lipinski definition) is 0. The van der Waals surface area contributed by atoms with E-state index in [1.165, 1.54) is 24.6 Å². The van der Waals surface area contributed by atoms with Gasteiger partial charge in [-0.3, -0.25) is 9.59 Å². The summed E-state index contributed by atoms with van der Waals surface area (Å²) < 4.78 is 16.2. The van der Waals surface area contributed by atoms with Gasteiger partial charge >= 0.3 is 11.9 Å². The maximum Gasteiger partial charge on any atom is 0.312 e. The molecule has 1 aromatic rings. The molecule has 0 amide bonds. The van der Waals surface area contributed by atoms with Gasteiger partial charge in [-0.25, -0.2) is 0 Å². The molecule has 0 N–H and O–H groups in total. The van der Waals surface area contributed by atoms with Crippen molar-refractivity contribution < 1.29 is 23.8 Å². The molecule has 0 unspecified atom stereocenters. The highest BCUT2D eigenvalue weighted by Gasteiger charge is 2.59. The zero-order valence-corrected chi connectivity index (χ0v) is 19.5. The molecule has 2 heterocycles. The lowest BCUT2D eigenvalue weighted by Crippen LogP contribution is -2.57. The minimum atomic E-state index is -1.59. The molecule has 2 aliphatic rings. The first-order valence-corrected chi connectivity index (χ1v) is 16.4. The molecule has 0 spiro atoms. The Morgan fingerprint density at radius 2 is 1.11 bits per heavy atom. The van der Waals surface area contributed by atoms with Crippen molar-refractivity contribution in [2.75, 3.05) is 14.2 Å². The van der Waals surface area contributed by atoms with E-state index >= 15 is 0 Å². The van der Waals surface area contributed by atoms with Crippen LogP contribution >= 0.6 is 0 Å². The zero-order chi connectivity index (χ0) is 20.3. The molecular formula is C20H30O5Si2. The normalized spacial score (nSPS) is 26.7. The van der Waals surface area contributed by atoms with Gasteiger partial charge in [0.2, 0.25) is 0 Å². The fourth-order valence-electron chi connectivity index (χ4n) is 4.42. The summed E-state index contributed by atoms with van der Waals surface area (Å²) in [5.41, 5.74) is 2.10. The Morgan fingerprint density at radius 1 is 0.778 bits per heavy atom. The Hall–Kier alpha value is -1.45. The van der Waals surface area contributed by atoms with Gasteiger partial charge in [0.25, 0.3) is 0 Å². The maximum absolute atomic E-state index is 12.5. The fourth-order valence-corrected chi connectivity index (χ4v) is 9.60.